The van der Waals surface area contributed by atoms with Gasteiger partial charge in [0.15, 0.2) is 6.61 Å². The van der Waals surface area contributed by atoms with E-state index in [1.54, 1.807) is 29.2 Å². The molecule has 1 N–H and O–H groups in total. The number of phenolic OH excluding ortho intramolecular Hbond substituents is 1. The van der Waals surface area contributed by atoms with E-state index in [9.17, 15) is 14.7 Å². The molecule has 3 rings (SSSR count). The molecule has 0 spiro atoms. The standard InChI is InChI=1S/C19H21NO4S/c1-12-7-8-14(18(22)13(12)2)19(23)24-11-17(21)20-9-3-5-15(20)16-6-4-10-25-16/h4,6-8,10,15,22H,3,5,9,11H2,1-2H3. The molecule has 25 heavy (non-hydrogen) atoms. The third-order valence-corrected chi connectivity index (χ3v) is 5.67. The van der Waals surface area contributed by atoms with E-state index >= 15 is 0 Å². The number of hydrogen-bond donors (Lipinski definition) is 1. The second kappa shape index (κ2) is 7.27. The van der Waals surface area contributed by atoms with Gasteiger partial charge in [-0.15, -0.1) is 11.3 Å². The minimum Gasteiger partial charge on any atom is -0.507 e. The zero-order valence-corrected chi connectivity index (χ0v) is 15.1. The first kappa shape index (κ1) is 17.5. The Morgan fingerprint density at radius 3 is 2.84 bits per heavy atom. The molecule has 0 saturated carbocycles. The Hall–Kier alpha value is -2.34. The summed E-state index contributed by atoms with van der Waals surface area (Å²) in [6, 6.07) is 7.35. The minimum absolute atomic E-state index is 0.0706. The molecule has 2 aromatic rings. The summed E-state index contributed by atoms with van der Waals surface area (Å²) in [5, 5.41) is 12.1. The van der Waals surface area contributed by atoms with Crippen molar-refractivity contribution in [3.8, 4) is 5.75 Å². The van der Waals surface area contributed by atoms with Crippen LogP contribution in [0.4, 0.5) is 0 Å². The van der Waals surface area contributed by atoms with Crippen molar-refractivity contribution in [2.24, 2.45) is 0 Å². The van der Waals surface area contributed by atoms with Gasteiger partial charge < -0.3 is 14.7 Å². The quantitative estimate of drug-likeness (QED) is 0.847. The molecular formula is C19H21NO4S. The highest BCUT2D eigenvalue weighted by molar-refractivity contribution is 7.10. The zero-order chi connectivity index (χ0) is 18.0. The number of likely N-dealkylation sites (tertiary alicyclic amines) is 1. The van der Waals surface area contributed by atoms with Gasteiger partial charge in [-0.3, -0.25) is 4.79 Å². The number of amides is 1. The van der Waals surface area contributed by atoms with Crippen molar-refractivity contribution >= 4 is 23.2 Å². The van der Waals surface area contributed by atoms with E-state index in [0.717, 1.165) is 23.3 Å². The molecule has 1 atom stereocenters. The number of thiophene rings is 1. The van der Waals surface area contributed by atoms with Crippen LogP contribution in [0.1, 0.15) is 45.2 Å². The molecule has 1 aliphatic rings. The van der Waals surface area contributed by atoms with Crippen molar-refractivity contribution in [1.29, 1.82) is 0 Å². The van der Waals surface area contributed by atoms with E-state index in [0.29, 0.717) is 12.1 Å². The summed E-state index contributed by atoms with van der Waals surface area (Å²) >= 11 is 1.63. The molecule has 1 fully saturated rings. The molecule has 1 saturated heterocycles. The highest BCUT2D eigenvalue weighted by Gasteiger charge is 2.31. The lowest BCUT2D eigenvalue weighted by Crippen LogP contribution is -2.34. The topological polar surface area (TPSA) is 66.8 Å². The van der Waals surface area contributed by atoms with Crippen LogP contribution in [-0.2, 0) is 9.53 Å². The van der Waals surface area contributed by atoms with Crippen molar-refractivity contribution in [2.45, 2.75) is 32.7 Å². The van der Waals surface area contributed by atoms with Gasteiger partial charge in [0.2, 0.25) is 0 Å². The third-order valence-electron chi connectivity index (χ3n) is 4.69. The fourth-order valence-corrected chi connectivity index (χ4v) is 3.97. The van der Waals surface area contributed by atoms with E-state index < -0.39 is 5.97 Å². The number of ether oxygens (including phenoxy) is 1. The molecule has 1 unspecified atom stereocenters. The van der Waals surface area contributed by atoms with Crippen molar-refractivity contribution < 1.29 is 19.4 Å². The normalized spacial score (nSPS) is 16.9. The average Bonchev–Trinajstić information content (AvgIpc) is 3.27. The summed E-state index contributed by atoms with van der Waals surface area (Å²) in [5.41, 5.74) is 1.62. The van der Waals surface area contributed by atoms with Crippen LogP contribution in [0.5, 0.6) is 5.75 Å². The second-order valence-electron chi connectivity index (χ2n) is 6.24. The number of aromatic hydroxyl groups is 1. The maximum absolute atomic E-state index is 12.5. The number of benzene rings is 1. The molecule has 0 bridgehead atoms. The molecule has 1 aromatic carbocycles. The monoisotopic (exact) mass is 359 g/mol. The second-order valence-corrected chi connectivity index (χ2v) is 7.22. The molecule has 1 aromatic heterocycles. The average molecular weight is 359 g/mol. The summed E-state index contributed by atoms with van der Waals surface area (Å²) in [6.07, 6.45) is 1.87. The van der Waals surface area contributed by atoms with Gasteiger partial charge in [-0.2, -0.15) is 0 Å². The van der Waals surface area contributed by atoms with Crippen molar-refractivity contribution in [2.75, 3.05) is 13.2 Å². The Bertz CT molecular complexity index is 785. The van der Waals surface area contributed by atoms with Crippen LogP contribution in [0.15, 0.2) is 29.6 Å². The summed E-state index contributed by atoms with van der Waals surface area (Å²) in [4.78, 5) is 27.6. The van der Waals surface area contributed by atoms with Gasteiger partial charge in [-0.1, -0.05) is 12.1 Å². The Morgan fingerprint density at radius 1 is 1.32 bits per heavy atom. The fourth-order valence-electron chi connectivity index (χ4n) is 3.10. The van der Waals surface area contributed by atoms with E-state index in [1.807, 2.05) is 24.4 Å². The summed E-state index contributed by atoms with van der Waals surface area (Å²) in [7, 11) is 0. The Labute approximate surface area is 150 Å². The predicted octanol–water partition coefficient (Wildman–Crippen LogP) is 3.59. The lowest BCUT2D eigenvalue weighted by molar-refractivity contribution is -0.135. The molecule has 1 amide bonds. The molecule has 6 heteroatoms. The number of esters is 1. The van der Waals surface area contributed by atoms with Crippen LogP contribution in [0.25, 0.3) is 0 Å². The highest BCUT2D eigenvalue weighted by atomic mass is 32.1. The number of aryl methyl sites for hydroxylation is 1. The highest BCUT2D eigenvalue weighted by Crippen LogP contribution is 2.34. The van der Waals surface area contributed by atoms with E-state index in [1.165, 1.54) is 6.07 Å². The number of carbonyl (C=O) groups is 2. The summed E-state index contributed by atoms with van der Waals surface area (Å²) in [5.74, 6) is -0.969. The first-order valence-electron chi connectivity index (χ1n) is 8.28. The lowest BCUT2D eigenvalue weighted by Gasteiger charge is -2.23. The van der Waals surface area contributed by atoms with Crippen LogP contribution < -0.4 is 0 Å². The summed E-state index contributed by atoms with van der Waals surface area (Å²) < 4.78 is 5.16. The van der Waals surface area contributed by atoms with Gasteiger partial charge in [-0.25, -0.2) is 4.79 Å². The summed E-state index contributed by atoms with van der Waals surface area (Å²) in [6.45, 7) is 3.95. The maximum atomic E-state index is 12.5. The molecular weight excluding hydrogens is 338 g/mol. The fraction of sp³-hybridized carbons (Fsp3) is 0.368. The minimum atomic E-state index is -0.680. The Balaban J connectivity index is 1.64. The van der Waals surface area contributed by atoms with Crippen molar-refractivity contribution in [3.63, 3.8) is 0 Å². The van der Waals surface area contributed by atoms with Crippen LogP contribution in [0, 0.1) is 13.8 Å². The molecule has 5 nitrogen and oxygen atoms in total. The number of carbonyl (C=O) groups excluding carboxylic acids is 2. The van der Waals surface area contributed by atoms with Gasteiger partial charge in [-0.05, 0) is 55.3 Å². The molecule has 2 heterocycles. The third kappa shape index (κ3) is 3.54. The Morgan fingerprint density at radius 2 is 2.12 bits per heavy atom. The molecule has 0 radical (unpaired) electrons. The molecule has 132 valence electrons. The number of hydrogen-bond acceptors (Lipinski definition) is 5. The van der Waals surface area contributed by atoms with Crippen molar-refractivity contribution in [3.05, 3.63) is 51.2 Å². The predicted molar refractivity (Wildman–Crippen MR) is 95.9 cm³/mol. The van der Waals surface area contributed by atoms with Gasteiger partial charge in [0.25, 0.3) is 5.91 Å². The SMILES string of the molecule is Cc1ccc(C(=O)OCC(=O)N2CCCC2c2cccs2)c(O)c1C. The van der Waals surface area contributed by atoms with Gasteiger partial charge in [0.05, 0.1) is 6.04 Å². The molecule has 0 aliphatic carbocycles. The van der Waals surface area contributed by atoms with Gasteiger partial charge in [0, 0.05) is 11.4 Å². The smallest absolute Gasteiger partial charge is 0.342 e. The first-order valence-corrected chi connectivity index (χ1v) is 9.16. The Kier molecular flexibility index (Phi) is 5.08. The number of nitrogens with zero attached hydrogens (tertiary/aromatic N) is 1. The van der Waals surface area contributed by atoms with Gasteiger partial charge >= 0.3 is 5.97 Å². The van der Waals surface area contributed by atoms with Crippen molar-refractivity contribution in [1.82, 2.24) is 4.90 Å². The van der Waals surface area contributed by atoms with Crippen LogP contribution in [-0.4, -0.2) is 35.0 Å². The van der Waals surface area contributed by atoms with Gasteiger partial charge in [0.1, 0.15) is 11.3 Å². The molecule has 1 aliphatic heterocycles. The van der Waals surface area contributed by atoms with E-state index in [-0.39, 0.29) is 29.9 Å². The van der Waals surface area contributed by atoms with Crippen LogP contribution >= 0.6 is 11.3 Å². The van der Waals surface area contributed by atoms with Crippen LogP contribution in [0.2, 0.25) is 0 Å². The van der Waals surface area contributed by atoms with E-state index in [2.05, 4.69) is 0 Å². The largest absolute Gasteiger partial charge is 0.507 e. The van der Waals surface area contributed by atoms with Crippen LogP contribution in [0.3, 0.4) is 0 Å². The maximum Gasteiger partial charge on any atom is 0.342 e. The number of phenols is 1. The lowest BCUT2D eigenvalue weighted by atomic mass is 10.0. The van der Waals surface area contributed by atoms with E-state index in [4.69, 9.17) is 4.74 Å². The zero-order valence-electron chi connectivity index (χ0n) is 14.3. The number of rotatable bonds is 4. The first-order chi connectivity index (χ1) is 12.0.